The van der Waals surface area contributed by atoms with Crippen LogP contribution < -0.4 is 5.32 Å². The van der Waals surface area contributed by atoms with Crippen LogP contribution in [-0.4, -0.2) is 49.7 Å². The lowest BCUT2D eigenvalue weighted by Gasteiger charge is -2.32. The normalized spacial score (nSPS) is 21.3. The SMILES string of the molecule is CCOCCC(=O)N1CCC(NCC2CC2)CC1. The lowest BCUT2D eigenvalue weighted by molar-refractivity contribution is -0.133. The van der Waals surface area contributed by atoms with Gasteiger partial charge in [0.15, 0.2) is 0 Å². The smallest absolute Gasteiger partial charge is 0.224 e. The molecule has 0 spiro atoms. The molecule has 18 heavy (non-hydrogen) atoms. The second kappa shape index (κ2) is 7.10. The monoisotopic (exact) mass is 254 g/mol. The third-order valence-corrected chi connectivity index (χ3v) is 3.90. The first-order valence-electron chi connectivity index (χ1n) is 7.38. The second-order valence-electron chi connectivity index (χ2n) is 5.45. The van der Waals surface area contributed by atoms with Crippen molar-refractivity contribution >= 4 is 5.91 Å². The van der Waals surface area contributed by atoms with E-state index in [0.717, 1.165) is 31.8 Å². The number of ether oxygens (including phenoxy) is 1. The molecule has 0 atom stereocenters. The van der Waals surface area contributed by atoms with E-state index in [1.54, 1.807) is 0 Å². The van der Waals surface area contributed by atoms with Gasteiger partial charge in [-0.25, -0.2) is 0 Å². The predicted molar refractivity (Wildman–Crippen MR) is 71.4 cm³/mol. The topological polar surface area (TPSA) is 41.6 Å². The summed E-state index contributed by atoms with van der Waals surface area (Å²) in [5.41, 5.74) is 0. The molecule has 2 fully saturated rings. The Hall–Kier alpha value is -0.610. The number of amides is 1. The Kier molecular flexibility index (Phi) is 5.45. The summed E-state index contributed by atoms with van der Waals surface area (Å²) in [5, 5.41) is 3.63. The summed E-state index contributed by atoms with van der Waals surface area (Å²) in [5.74, 6) is 1.19. The molecule has 1 heterocycles. The summed E-state index contributed by atoms with van der Waals surface area (Å²) in [6.07, 6.45) is 5.55. The highest BCUT2D eigenvalue weighted by Crippen LogP contribution is 2.28. The van der Waals surface area contributed by atoms with Gasteiger partial charge in [-0.3, -0.25) is 4.79 Å². The van der Waals surface area contributed by atoms with Crippen LogP contribution in [0.2, 0.25) is 0 Å². The van der Waals surface area contributed by atoms with Gasteiger partial charge < -0.3 is 15.0 Å². The van der Waals surface area contributed by atoms with Crippen molar-refractivity contribution < 1.29 is 9.53 Å². The van der Waals surface area contributed by atoms with Gasteiger partial charge >= 0.3 is 0 Å². The highest BCUT2D eigenvalue weighted by atomic mass is 16.5. The van der Waals surface area contributed by atoms with E-state index >= 15 is 0 Å². The van der Waals surface area contributed by atoms with Gasteiger partial charge in [0.25, 0.3) is 0 Å². The van der Waals surface area contributed by atoms with Crippen molar-refractivity contribution in [2.75, 3.05) is 32.8 Å². The maximum absolute atomic E-state index is 11.9. The Morgan fingerprint density at radius 3 is 2.61 bits per heavy atom. The molecule has 0 aromatic heterocycles. The second-order valence-corrected chi connectivity index (χ2v) is 5.45. The highest BCUT2D eigenvalue weighted by molar-refractivity contribution is 5.76. The van der Waals surface area contributed by atoms with Gasteiger partial charge in [0.1, 0.15) is 0 Å². The summed E-state index contributed by atoms with van der Waals surface area (Å²) in [6, 6.07) is 0.626. The van der Waals surface area contributed by atoms with Crippen molar-refractivity contribution in [1.29, 1.82) is 0 Å². The van der Waals surface area contributed by atoms with Crippen LogP contribution in [0.1, 0.15) is 39.0 Å². The van der Waals surface area contributed by atoms with Crippen LogP contribution >= 0.6 is 0 Å². The molecule has 2 rings (SSSR count). The first-order valence-corrected chi connectivity index (χ1v) is 7.38. The molecule has 104 valence electrons. The predicted octanol–water partition coefficient (Wildman–Crippen LogP) is 1.40. The first-order chi connectivity index (χ1) is 8.79. The van der Waals surface area contributed by atoms with Crippen molar-refractivity contribution in [3.8, 4) is 0 Å². The lowest BCUT2D eigenvalue weighted by Crippen LogP contribution is -2.45. The summed E-state index contributed by atoms with van der Waals surface area (Å²) in [6.45, 7) is 6.22. The average Bonchev–Trinajstić information content (AvgIpc) is 3.21. The number of nitrogens with zero attached hydrogens (tertiary/aromatic N) is 1. The Morgan fingerprint density at radius 2 is 2.00 bits per heavy atom. The Labute approximate surface area is 110 Å². The van der Waals surface area contributed by atoms with Crippen LogP contribution in [0.5, 0.6) is 0 Å². The van der Waals surface area contributed by atoms with Crippen LogP contribution in [-0.2, 0) is 9.53 Å². The minimum atomic E-state index is 0.254. The van der Waals surface area contributed by atoms with E-state index in [2.05, 4.69) is 5.32 Å². The van der Waals surface area contributed by atoms with Crippen LogP contribution in [0, 0.1) is 5.92 Å². The fraction of sp³-hybridized carbons (Fsp3) is 0.929. The number of hydrogen-bond donors (Lipinski definition) is 1. The maximum atomic E-state index is 11.9. The Bertz CT molecular complexity index is 259. The van der Waals surface area contributed by atoms with Gasteiger partial charge in [0.2, 0.25) is 5.91 Å². The van der Waals surface area contributed by atoms with Gasteiger partial charge in [0.05, 0.1) is 13.0 Å². The molecule has 0 unspecified atom stereocenters. The zero-order valence-electron chi connectivity index (χ0n) is 11.5. The van der Waals surface area contributed by atoms with E-state index in [0.29, 0.717) is 25.7 Å². The molecule has 1 aliphatic carbocycles. The van der Waals surface area contributed by atoms with E-state index in [1.807, 2.05) is 11.8 Å². The van der Waals surface area contributed by atoms with Crippen LogP contribution in [0.3, 0.4) is 0 Å². The number of rotatable bonds is 7. The molecule has 1 amide bonds. The van der Waals surface area contributed by atoms with Gasteiger partial charge in [-0.2, -0.15) is 0 Å². The summed E-state index contributed by atoms with van der Waals surface area (Å²) >= 11 is 0. The highest BCUT2D eigenvalue weighted by Gasteiger charge is 2.25. The minimum absolute atomic E-state index is 0.254. The maximum Gasteiger partial charge on any atom is 0.224 e. The number of carbonyl (C=O) groups is 1. The van der Waals surface area contributed by atoms with Crippen LogP contribution in [0.25, 0.3) is 0 Å². The van der Waals surface area contributed by atoms with Gasteiger partial charge in [0, 0.05) is 25.7 Å². The van der Waals surface area contributed by atoms with Gasteiger partial charge in [-0.1, -0.05) is 0 Å². The van der Waals surface area contributed by atoms with E-state index in [9.17, 15) is 4.79 Å². The fourth-order valence-corrected chi connectivity index (χ4v) is 2.45. The van der Waals surface area contributed by atoms with Gasteiger partial charge in [-0.15, -0.1) is 0 Å². The van der Waals surface area contributed by atoms with E-state index < -0.39 is 0 Å². The van der Waals surface area contributed by atoms with Crippen LogP contribution in [0.4, 0.5) is 0 Å². The van der Waals surface area contributed by atoms with Crippen molar-refractivity contribution in [2.45, 2.75) is 45.1 Å². The Morgan fingerprint density at radius 1 is 1.28 bits per heavy atom. The minimum Gasteiger partial charge on any atom is -0.381 e. The zero-order chi connectivity index (χ0) is 12.8. The van der Waals surface area contributed by atoms with E-state index in [1.165, 1.54) is 19.4 Å². The number of carbonyl (C=O) groups excluding carboxylic acids is 1. The van der Waals surface area contributed by atoms with Crippen molar-refractivity contribution in [1.82, 2.24) is 10.2 Å². The molecule has 0 radical (unpaired) electrons. The number of likely N-dealkylation sites (tertiary alicyclic amines) is 1. The first kappa shape index (κ1) is 13.8. The van der Waals surface area contributed by atoms with Crippen molar-refractivity contribution in [2.24, 2.45) is 5.92 Å². The van der Waals surface area contributed by atoms with Crippen molar-refractivity contribution in [3.63, 3.8) is 0 Å². The molecular formula is C14H26N2O2. The van der Waals surface area contributed by atoms with Gasteiger partial charge in [-0.05, 0) is 45.1 Å². The summed E-state index contributed by atoms with van der Waals surface area (Å²) < 4.78 is 5.23. The molecule has 1 N–H and O–H groups in total. The molecule has 4 nitrogen and oxygen atoms in total. The number of piperidine rings is 1. The van der Waals surface area contributed by atoms with Crippen LogP contribution in [0.15, 0.2) is 0 Å². The average molecular weight is 254 g/mol. The van der Waals surface area contributed by atoms with E-state index in [4.69, 9.17) is 4.74 Å². The molecule has 0 aromatic carbocycles. The largest absolute Gasteiger partial charge is 0.381 e. The third kappa shape index (κ3) is 4.58. The molecule has 1 saturated carbocycles. The molecule has 1 aliphatic heterocycles. The molecule has 2 aliphatic rings. The molecular weight excluding hydrogens is 228 g/mol. The molecule has 0 aromatic rings. The summed E-state index contributed by atoms with van der Waals surface area (Å²) in [4.78, 5) is 13.9. The quantitative estimate of drug-likeness (QED) is 0.698. The molecule has 1 saturated heterocycles. The molecule has 0 bridgehead atoms. The standard InChI is InChI=1S/C14H26N2O2/c1-2-18-10-7-14(17)16-8-5-13(6-9-16)15-11-12-3-4-12/h12-13,15H,2-11H2,1H3. The zero-order valence-corrected chi connectivity index (χ0v) is 11.5. The number of nitrogens with one attached hydrogen (secondary N) is 1. The fourth-order valence-electron chi connectivity index (χ4n) is 2.45. The number of hydrogen-bond acceptors (Lipinski definition) is 3. The van der Waals surface area contributed by atoms with Crippen molar-refractivity contribution in [3.05, 3.63) is 0 Å². The summed E-state index contributed by atoms with van der Waals surface area (Å²) in [7, 11) is 0. The molecule has 4 heteroatoms. The Balaban J connectivity index is 1.58. The third-order valence-electron chi connectivity index (χ3n) is 3.90. The van der Waals surface area contributed by atoms with E-state index in [-0.39, 0.29) is 5.91 Å². The lowest BCUT2D eigenvalue weighted by atomic mass is 10.0.